The molecule has 0 unspecified atom stereocenters. The molecule has 0 atom stereocenters. The van der Waals surface area contributed by atoms with Crippen molar-refractivity contribution in [1.29, 1.82) is 0 Å². The zero-order valence-electron chi connectivity index (χ0n) is 10.7. The summed E-state index contributed by atoms with van der Waals surface area (Å²) >= 11 is 4.50. The monoisotopic (exact) mass is 374 g/mol. The molecule has 110 valence electrons. The molecule has 2 aromatic carbocycles. The molecule has 0 fully saturated rings. The minimum absolute atomic E-state index is 0.199. The van der Waals surface area contributed by atoms with Crippen LogP contribution in [0.2, 0.25) is 0 Å². The molecule has 1 aliphatic rings. The Labute approximate surface area is 132 Å². The lowest BCUT2D eigenvalue weighted by Gasteiger charge is -2.19. The van der Waals surface area contributed by atoms with Crippen LogP contribution in [0.15, 0.2) is 36.4 Å². The predicted molar refractivity (Wildman–Crippen MR) is 83.6 cm³/mol. The molecule has 21 heavy (non-hydrogen) atoms. The second kappa shape index (κ2) is 5.81. The number of para-hydroxylation sites is 1. The summed E-state index contributed by atoms with van der Waals surface area (Å²) < 4.78 is 44.4. The molecule has 0 saturated carbocycles. The van der Waals surface area contributed by atoms with E-state index < -0.39 is 11.6 Å². The van der Waals surface area contributed by atoms with Crippen molar-refractivity contribution in [2.45, 2.75) is 0 Å². The molecule has 0 N–H and O–H groups in total. The van der Waals surface area contributed by atoms with Crippen LogP contribution in [0.5, 0.6) is 0 Å². The van der Waals surface area contributed by atoms with Crippen LogP contribution in [0.3, 0.4) is 0 Å². The summed E-state index contributed by atoms with van der Waals surface area (Å²) in [5.74, 6) is -1.69. The molecular weight excluding hydrogens is 365 g/mol. The lowest BCUT2D eigenvalue weighted by molar-refractivity contribution is 0.585. The summed E-state index contributed by atoms with van der Waals surface area (Å²) in [6.45, 7) is 0.553. The third-order valence-corrected chi connectivity index (χ3v) is 4.50. The molecule has 1 heterocycles. The Bertz CT molecular complexity index is 683. The Morgan fingerprint density at radius 1 is 1.00 bits per heavy atom. The number of hydrogen-bond donors (Lipinski definition) is 0. The fourth-order valence-corrected chi connectivity index (χ4v) is 3.84. The van der Waals surface area contributed by atoms with Crippen LogP contribution in [0, 0.1) is 17.5 Å². The third kappa shape index (κ3) is 2.60. The van der Waals surface area contributed by atoms with Crippen LogP contribution in [-0.4, -0.2) is 11.9 Å². The average molecular weight is 375 g/mol. The quantitative estimate of drug-likeness (QED) is 0.550. The summed E-state index contributed by atoms with van der Waals surface area (Å²) in [5, 5.41) is 0.646. The molecule has 0 aliphatic carbocycles. The number of nitrogens with zero attached hydrogens (tertiary/aromatic N) is 2. The lowest BCUT2D eigenvalue weighted by atomic mass is 10.2. The van der Waals surface area contributed by atoms with Gasteiger partial charge in [0.25, 0.3) is 0 Å². The first-order valence-corrected chi connectivity index (χ1v) is 8.02. The van der Waals surface area contributed by atoms with Crippen molar-refractivity contribution in [3.63, 3.8) is 0 Å². The van der Waals surface area contributed by atoms with Gasteiger partial charge in [0.2, 0.25) is 0 Å². The Morgan fingerprint density at radius 2 is 1.81 bits per heavy atom. The van der Waals surface area contributed by atoms with E-state index in [-0.39, 0.29) is 11.5 Å². The van der Waals surface area contributed by atoms with Gasteiger partial charge in [0.15, 0.2) is 5.82 Å². The minimum Gasteiger partial charge on any atom is -0.293 e. The van der Waals surface area contributed by atoms with Gasteiger partial charge in [0.05, 0.1) is 23.5 Å². The predicted octanol–water partition coefficient (Wildman–Crippen LogP) is 5.02. The van der Waals surface area contributed by atoms with E-state index in [1.54, 1.807) is 20.7 Å². The number of alkyl halides is 1. The van der Waals surface area contributed by atoms with E-state index in [0.29, 0.717) is 23.2 Å². The molecule has 0 aromatic heterocycles. The van der Waals surface area contributed by atoms with Gasteiger partial charge in [-0.3, -0.25) is 8.61 Å². The Hall–Kier alpha value is -1.34. The highest BCUT2D eigenvalue weighted by Crippen LogP contribution is 2.50. The van der Waals surface area contributed by atoms with Crippen LogP contribution < -0.4 is 8.61 Å². The number of rotatable bonds is 3. The second-order valence-corrected chi connectivity index (χ2v) is 6.13. The van der Waals surface area contributed by atoms with Gasteiger partial charge in [0, 0.05) is 17.9 Å². The van der Waals surface area contributed by atoms with E-state index in [4.69, 9.17) is 0 Å². The van der Waals surface area contributed by atoms with Crippen LogP contribution in [0.25, 0.3) is 0 Å². The number of hydrogen-bond acceptors (Lipinski definition) is 3. The fourth-order valence-electron chi connectivity index (χ4n) is 2.15. The summed E-state index contributed by atoms with van der Waals surface area (Å²) in [7, 11) is 0. The molecule has 0 spiro atoms. The highest BCUT2D eigenvalue weighted by molar-refractivity contribution is 9.09. The topological polar surface area (TPSA) is 6.48 Å². The first kappa shape index (κ1) is 14.6. The number of anilines is 3. The lowest BCUT2D eigenvalue weighted by Crippen LogP contribution is -2.16. The van der Waals surface area contributed by atoms with Gasteiger partial charge in [-0.2, -0.15) is 0 Å². The molecule has 2 aromatic rings. The fraction of sp³-hybridized carbons (Fsp3) is 0.143. The normalized spacial score (nSPS) is 13.7. The molecule has 0 bridgehead atoms. The van der Waals surface area contributed by atoms with Crippen molar-refractivity contribution < 1.29 is 13.2 Å². The Morgan fingerprint density at radius 3 is 2.52 bits per heavy atom. The average Bonchev–Trinajstić information content (AvgIpc) is 2.79. The first-order valence-electron chi connectivity index (χ1n) is 6.17. The summed E-state index contributed by atoms with van der Waals surface area (Å²) in [6.07, 6.45) is 0. The second-order valence-electron chi connectivity index (χ2n) is 4.37. The standard InChI is InChI=1S/C14H10BrF3N2S/c15-6-7-19-14-10(17)2-1-3-13(14)20(21-19)12-5-4-9(16)8-11(12)18/h1-5,8H,6-7H2. The highest BCUT2D eigenvalue weighted by Gasteiger charge is 2.32. The van der Waals surface area contributed by atoms with Crippen molar-refractivity contribution in [2.75, 3.05) is 20.5 Å². The molecule has 2 nitrogen and oxygen atoms in total. The van der Waals surface area contributed by atoms with Gasteiger partial charge < -0.3 is 0 Å². The molecule has 0 amide bonds. The summed E-state index contributed by atoms with van der Waals surface area (Å²) in [5.41, 5.74) is 1.16. The van der Waals surface area contributed by atoms with Crippen LogP contribution in [0.4, 0.5) is 30.2 Å². The van der Waals surface area contributed by atoms with Gasteiger partial charge in [-0.1, -0.05) is 22.0 Å². The third-order valence-electron chi connectivity index (χ3n) is 3.03. The molecule has 3 rings (SSSR count). The van der Waals surface area contributed by atoms with E-state index in [0.717, 1.165) is 6.07 Å². The Kier molecular flexibility index (Phi) is 4.03. The van der Waals surface area contributed by atoms with E-state index in [9.17, 15) is 13.2 Å². The van der Waals surface area contributed by atoms with Crippen molar-refractivity contribution >= 4 is 45.1 Å². The van der Waals surface area contributed by atoms with Crippen LogP contribution in [0.1, 0.15) is 0 Å². The SMILES string of the molecule is Fc1ccc(N2SN(CCBr)c3c(F)cccc32)c(F)c1. The van der Waals surface area contributed by atoms with Gasteiger partial charge in [-0.25, -0.2) is 13.2 Å². The van der Waals surface area contributed by atoms with Crippen molar-refractivity contribution in [3.8, 4) is 0 Å². The van der Waals surface area contributed by atoms with Gasteiger partial charge in [0.1, 0.15) is 17.3 Å². The number of fused-ring (bicyclic) bond motifs is 1. The number of halogens is 4. The van der Waals surface area contributed by atoms with E-state index in [1.165, 1.54) is 30.3 Å². The van der Waals surface area contributed by atoms with E-state index in [1.807, 2.05) is 0 Å². The number of benzene rings is 2. The smallest absolute Gasteiger partial charge is 0.150 e. The van der Waals surface area contributed by atoms with Crippen molar-refractivity contribution in [3.05, 3.63) is 53.8 Å². The zero-order chi connectivity index (χ0) is 15.0. The van der Waals surface area contributed by atoms with E-state index >= 15 is 0 Å². The zero-order valence-corrected chi connectivity index (χ0v) is 13.1. The molecular formula is C14H10BrF3N2S. The molecule has 0 saturated heterocycles. The Balaban J connectivity index is 2.08. The van der Waals surface area contributed by atoms with Gasteiger partial charge in [-0.05, 0) is 24.3 Å². The van der Waals surface area contributed by atoms with E-state index in [2.05, 4.69) is 15.9 Å². The van der Waals surface area contributed by atoms with Crippen molar-refractivity contribution in [1.82, 2.24) is 0 Å². The van der Waals surface area contributed by atoms with Gasteiger partial charge >= 0.3 is 0 Å². The summed E-state index contributed by atoms with van der Waals surface area (Å²) in [4.78, 5) is 0. The highest BCUT2D eigenvalue weighted by atomic mass is 79.9. The maximum Gasteiger partial charge on any atom is 0.150 e. The largest absolute Gasteiger partial charge is 0.293 e. The first-order chi connectivity index (χ1) is 10.1. The molecule has 7 heteroatoms. The van der Waals surface area contributed by atoms with Crippen molar-refractivity contribution in [2.24, 2.45) is 0 Å². The molecule has 1 aliphatic heterocycles. The maximum atomic E-state index is 14.1. The molecule has 0 radical (unpaired) electrons. The summed E-state index contributed by atoms with van der Waals surface area (Å²) in [6, 6.07) is 8.01. The van der Waals surface area contributed by atoms with Crippen LogP contribution in [-0.2, 0) is 0 Å². The minimum atomic E-state index is -0.682. The maximum absolute atomic E-state index is 14.1. The van der Waals surface area contributed by atoms with Crippen LogP contribution >= 0.6 is 28.1 Å². The van der Waals surface area contributed by atoms with Gasteiger partial charge in [-0.15, -0.1) is 0 Å².